The van der Waals surface area contributed by atoms with E-state index in [0.29, 0.717) is 0 Å². The smallest absolute Gasteiger partial charge is 0.250 e. The maximum atomic E-state index is 6.34. The van der Waals surface area contributed by atoms with Crippen LogP contribution in [0.3, 0.4) is 0 Å². The molecule has 2 rings (SSSR count). The predicted octanol–water partition coefficient (Wildman–Crippen LogP) is 6.60. The van der Waals surface area contributed by atoms with Gasteiger partial charge in [0.2, 0.25) is 8.32 Å². The molecular formula is C19H26BrNOSi. The Morgan fingerprint density at radius 3 is 1.74 bits per heavy atom. The Hall–Kier alpha value is -1.26. The molecule has 0 N–H and O–H groups in total. The molecule has 0 aliphatic rings. The molecule has 2 nitrogen and oxygen atoms in total. The molecule has 0 saturated carbocycles. The molecule has 0 atom stereocenters. The summed E-state index contributed by atoms with van der Waals surface area (Å²) in [6.45, 7) is 11.3. The van der Waals surface area contributed by atoms with Crippen LogP contribution in [0.1, 0.15) is 20.8 Å². The monoisotopic (exact) mass is 391 g/mol. The normalized spacial score (nSPS) is 12.1. The van der Waals surface area contributed by atoms with Crippen LogP contribution in [0.2, 0.25) is 18.1 Å². The first kappa shape index (κ1) is 18.1. The van der Waals surface area contributed by atoms with Crippen molar-refractivity contribution in [2.45, 2.75) is 38.9 Å². The van der Waals surface area contributed by atoms with Crippen molar-refractivity contribution >= 4 is 35.6 Å². The van der Waals surface area contributed by atoms with E-state index in [2.05, 4.69) is 110 Å². The van der Waals surface area contributed by atoms with E-state index in [1.165, 1.54) is 0 Å². The zero-order valence-corrected chi connectivity index (χ0v) is 17.4. The van der Waals surface area contributed by atoms with Gasteiger partial charge in [-0.05, 0) is 66.7 Å². The second kappa shape index (κ2) is 6.69. The molecule has 0 amide bonds. The van der Waals surface area contributed by atoms with E-state index in [-0.39, 0.29) is 5.04 Å². The summed E-state index contributed by atoms with van der Waals surface area (Å²) in [5, 5.41) is 0.208. The summed E-state index contributed by atoms with van der Waals surface area (Å²) in [6.07, 6.45) is 0. The first-order valence-corrected chi connectivity index (χ1v) is 11.6. The van der Waals surface area contributed by atoms with Crippen molar-refractivity contribution in [2.75, 3.05) is 11.9 Å². The van der Waals surface area contributed by atoms with Crippen LogP contribution < -0.4 is 9.33 Å². The molecule has 0 aromatic heterocycles. The molecule has 2 aromatic rings. The molecule has 0 aliphatic heterocycles. The number of hydrogen-bond acceptors (Lipinski definition) is 2. The number of halogens is 1. The molecule has 0 bridgehead atoms. The zero-order valence-electron chi connectivity index (χ0n) is 14.9. The summed E-state index contributed by atoms with van der Waals surface area (Å²) in [7, 11) is 0.297. The average Bonchev–Trinajstić information content (AvgIpc) is 2.46. The van der Waals surface area contributed by atoms with Gasteiger partial charge in [-0.25, -0.2) is 0 Å². The molecule has 4 heteroatoms. The molecule has 124 valence electrons. The molecule has 0 fully saturated rings. The molecule has 0 radical (unpaired) electrons. The topological polar surface area (TPSA) is 12.5 Å². The van der Waals surface area contributed by atoms with E-state index in [9.17, 15) is 0 Å². The summed E-state index contributed by atoms with van der Waals surface area (Å²) >= 11 is 3.47. The van der Waals surface area contributed by atoms with Gasteiger partial charge in [-0.15, -0.1) is 0 Å². The largest absolute Gasteiger partial charge is 0.544 e. The summed E-state index contributed by atoms with van der Waals surface area (Å²) < 4.78 is 7.43. The quantitative estimate of drug-likeness (QED) is 0.544. The van der Waals surface area contributed by atoms with E-state index >= 15 is 0 Å². The van der Waals surface area contributed by atoms with Crippen molar-refractivity contribution in [2.24, 2.45) is 0 Å². The van der Waals surface area contributed by atoms with E-state index in [0.717, 1.165) is 21.6 Å². The van der Waals surface area contributed by atoms with Crippen LogP contribution in [0.25, 0.3) is 0 Å². The fourth-order valence-corrected chi connectivity index (χ4v) is 3.30. The first-order valence-electron chi connectivity index (χ1n) is 7.88. The molecule has 0 heterocycles. The van der Waals surface area contributed by atoms with Crippen LogP contribution >= 0.6 is 15.9 Å². The Morgan fingerprint density at radius 1 is 0.870 bits per heavy atom. The number of rotatable bonds is 4. The lowest BCUT2D eigenvalue weighted by molar-refractivity contribution is 0.492. The summed E-state index contributed by atoms with van der Waals surface area (Å²) in [4.78, 5) is 2.17. The summed E-state index contributed by atoms with van der Waals surface area (Å²) in [5.74, 6) is 0.963. The van der Waals surface area contributed by atoms with Gasteiger partial charge in [0.1, 0.15) is 5.75 Å². The van der Waals surface area contributed by atoms with Crippen molar-refractivity contribution < 1.29 is 4.43 Å². The van der Waals surface area contributed by atoms with E-state index in [1.54, 1.807) is 0 Å². The molecule has 0 aliphatic carbocycles. The van der Waals surface area contributed by atoms with Gasteiger partial charge in [0.05, 0.1) is 0 Å². The fourth-order valence-electron chi connectivity index (χ4n) is 2.00. The van der Waals surface area contributed by atoms with Crippen molar-refractivity contribution in [3.05, 3.63) is 53.0 Å². The molecule has 23 heavy (non-hydrogen) atoms. The van der Waals surface area contributed by atoms with Gasteiger partial charge in [-0.1, -0.05) is 36.7 Å². The Balaban J connectivity index is 2.15. The van der Waals surface area contributed by atoms with Crippen LogP contribution in [0, 0.1) is 0 Å². The number of anilines is 2. The third-order valence-electron chi connectivity index (χ3n) is 4.62. The van der Waals surface area contributed by atoms with E-state index in [1.807, 2.05) is 0 Å². The Bertz CT molecular complexity index is 645. The number of hydrogen-bond donors (Lipinski definition) is 0. The SMILES string of the molecule is CN(c1ccc(Br)cc1)c1ccc(O[Si](C)(C)C(C)(C)C)cc1. The third kappa shape index (κ3) is 4.39. The van der Waals surface area contributed by atoms with Gasteiger partial charge in [0, 0.05) is 22.9 Å². The highest BCUT2D eigenvalue weighted by molar-refractivity contribution is 9.10. The van der Waals surface area contributed by atoms with Crippen LogP contribution in [-0.2, 0) is 0 Å². The Labute approximate surface area is 149 Å². The van der Waals surface area contributed by atoms with Crippen LogP contribution in [0.5, 0.6) is 5.75 Å². The van der Waals surface area contributed by atoms with Crippen LogP contribution in [0.4, 0.5) is 11.4 Å². The van der Waals surface area contributed by atoms with Crippen LogP contribution in [-0.4, -0.2) is 15.4 Å². The lowest BCUT2D eigenvalue weighted by Crippen LogP contribution is -2.43. The molecule has 2 aromatic carbocycles. The highest BCUT2D eigenvalue weighted by atomic mass is 79.9. The zero-order chi connectivity index (χ0) is 17.3. The summed E-state index contributed by atoms with van der Waals surface area (Å²) in [5.41, 5.74) is 2.31. The Morgan fingerprint density at radius 2 is 1.30 bits per heavy atom. The first-order chi connectivity index (χ1) is 10.6. The standard InChI is InChI=1S/C19H26BrNOSi/c1-19(2,3)23(5,6)22-18-13-11-17(12-14-18)21(4)16-9-7-15(20)8-10-16/h7-14H,1-6H3. The second-order valence-electron chi connectivity index (χ2n) is 7.39. The summed E-state index contributed by atoms with van der Waals surface area (Å²) in [6, 6.07) is 16.7. The van der Waals surface area contributed by atoms with Gasteiger partial charge in [0.25, 0.3) is 0 Å². The minimum absolute atomic E-state index is 0.208. The van der Waals surface area contributed by atoms with E-state index < -0.39 is 8.32 Å². The average molecular weight is 392 g/mol. The lowest BCUT2D eigenvalue weighted by Gasteiger charge is -2.36. The molecule has 0 saturated heterocycles. The fraction of sp³-hybridized carbons (Fsp3) is 0.368. The van der Waals surface area contributed by atoms with Crippen LogP contribution in [0.15, 0.2) is 53.0 Å². The minimum Gasteiger partial charge on any atom is -0.544 e. The third-order valence-corrected chi connectivity index (χ3v) is 9.50. The Kier molecular flexibility index (Phi) is 5.26. The van der Waals surface area contributed by atoms with Gasteiger partial charge < -0.3 is 9.33 Å². The van der Waals surface area contributed by atoms with Gasteiger partial charge in [-0.3, -0.25) is 0 Å². The van der Waals surface area contributed by atoms with Crippen molar-refractivity contribution in [1.82, 2.24) is 0 Å². The van der Waals surface area contributed by atoms with Crippen molar-refractivity contribution in [3.8, 4) is 5.75 Å². The van der Waals surface area contributed by atoms with Crippen molar-refractivity contribution in [3.63, 3.8) is 0 Å². The highest BCUT2D eigenvalue weighted by Gasteiger charge is 2.38. The lowest BCUT2D eigenvalue weighted by atomic mass is 10.2. The van der Waals surface area contributed by atoms with Crippen molar-refractivity contribution in [1.29, 1.82) is 0 Å². The highest BCUT2D eigenvalue weighted by Crippen LogP contribution is 2.37. The van der Waals surface area contributed by atoms with Gasteiger partial charge >= 0.3 is 0 Å². The molecule has 0 unspecified atom stereocenters. The maximum Gasteiger partial charge on any atom is 0.250 e. The van der Waals surface area contributed by atoms with Gasteiger partial charge in [-0.2, -0.15) is 0 Å². The molecule has 0 spiro atoms. The second-order valence-corrected chi connectivity index (χ2v) is 13.0. The number of nitrogens with zero attached hydrogens (tertiary/aromatic N) is 1. The van der Waals surface area contributed by atoms with Gasteiger partial charge in [0.15, 0.2) is 0 Å². The van der Waals surface area contributed by atoms with E-state index in [4.69, 9.17) is 4.43 Å². The molecular weight excluding hydrogens is 366 g/mol. The predicted molar refractivity (Wildman–Crippen MR) is 106 cm³/mol. The number of benzene rings is 2. The minimum atomic E-state index is -1.78. The maximum absolute atomic E-state index is 6.34.